The average Bonchev–Trinajstić information content (AvgIpc) is 2.57. The summed E-state index contributed by atoms with van der Waals surface area (Å²) in [6.07, 6.45) is 0. The predicted octanol–water partition coefficient (Wildman–Crippen LogP) is 2.42. The van der Waals surface area contributed by atoms with Gasteiger partial charge in [-0.2, -0.15) is 0 Å². The maximum absolute atomic E-state index is 13.0. The molecule has 0 saturated carbocycles. The fourth-order valence-electron chi connectivity index (χ4n) is 2.50. The summed E-state index contributed by atoms with van der Waals surface area (Å²) < 4.78 is 2.69. The molecule has 0 aliphatic heterocycles. The van der Waals surface area contributed by atoms with E-state index in [1.165, 1.54) is 15.2 Å². The van der Waals surface area contributed by atoms with E-state index in [0.29, 0.717) is 23.7 Å². The SMILES string of the molecule is CCNc1cc(=O)n(-c2ccccc2)c(=O)n1-c1ccccc1. The first-order valence-electron chi connectivity index (χ1n) is 7.46. The predicted molar refractivity (Wildman–Crippen MR) is 91.8 cm³/mol. The lowest BCUT2D eigenvalue weighted by molar-refractivity contribution is 0.803. The third-order valence-corrected chi connectivity index (χ3v) is 3.49. The van der Waals surface area contributed by atoms with E-state index in [1.54, 1.807) is 24.3 Å². The van der Waals surface area contributed by atoms with Gasteiger partial charge in [-0.1, -0.05) is 36.4 Å². The van der Waals surface area contributed by atoms with Crippen LogP contribution in [0.15, 0.2) is 76.3 Å². The van der Waals surface area contributed by atoms with Crippen molar-refractivity contribution in [2.45, 2.75) is 6.92 Å². The molecule has 0 aliphatic rings. The Balaban J connectivity index is 2.33. The lowest BCUT2D eigenvalue weighted by atomic mass is 10.3. The summed E-state index contributed by atoms with van der Waals surface area (Å²) in [6, 6.07) is 19.6. The molecule has 23 heavy (non-hydrogen) atoms. The van der Waals surface area contributed by atoms with E-state index in [1.807, 2.05) is 43.3 Å². The highest BCUT2D eigenvalue weighted by Crippen LogP contribution is 2.12. The van der Waals surface area contributed by atoms with Crippen molar-refractivity contribution in [2.75, 3.05) is 11.9 Å². The summed E-state index contributed by atoms with van der Waals surface area (Å²) in [7, 11) is 0. The van der Waals surface area contributed by atoms with E-state index in [4.69, 9.17) is 0 Å². The molecule has 1 N–H and O–H groups in total. The summed E-state index contributed by atoms with van der Waals surface area (Å²) in [4.78, 5) is 25.4. The quantitative estimate of drug-likeness (QED) is 0.805. The largest absolute Gasteiger partial charge is 0.371 e. The first kappa shape index (κ1) is 14.8. The molecule has 1 aromatic heterocycles. The van der Waals surface area contributed by atoms with Crippen molar-refractivity contribution in [3.8, 4) is 11.4 Å². The average molecular weight is 307 g/mol. The molecule has 0 saturated heterocycles. The van der Waals surface area contributed by atoms with E-state index < -0.39 is 5.69 Å². The van der Waals surface area contributed by atoms with E-state index in [2.05, 4.69) is 5.32 Å². The summed E-state index contributed by atoms with van der Waals surface area (Å²) in [5, 5.41) is 3.08. The molecule has 0 atom stereocenters. The van der Waals surface area contributed by atoms with Crippen molar-refractivity contribution in [3.63, 3.8) is 0 Å². The number of aromatic nitrogens is 2. The second-order valence-electron chi connectivity index (χ2n) is 5.02. The molecule has 116 valence electrons. The van der Waals surface area contributed by atoms with Gasteiger partial charge in [0.15, 0.2) is 0 Å². The van der Waals surface area contributed by atoms with Crippen molar-refractivity contribution in [1.29, 1.82) is 0 Å². The lowest BCUT2D eigenvalue weighted by Crippen LogP contribution is -2.38. The zero-order valence-corrected chi connectivity index (χ0v) is 12.8. The Morgan fingerprint density at radius 2 is 1.35 bits per heavy atom. The number of nitrogens with one attached hydrogen (secondary N) is 1. The summed E-state index contributed by atoms with van der Waals surface area (Å²) in [5.74, 6) is 0.487. The molecule has 2 aromatic carbocycles. The number of para-hydroxylation sites is 2. The number of nitrogens with zero attached hydrogens (tertiary/aromatic N) is 2. The molecule has 0 unspecified atom stereocenters. The smallest absolute Gasteiger partial charge is 0.341 e. The molecule has 3 aromatic rings. The third kappa shape index (κ3) is 2.81. The second-order valence-corrected chi connectivity index (χ2v) is 5.02. The Bertz CT molecular complexity index is 912. The van der Waals surface area contributed by atoms with Gasteiger partial charge in [-0.05, 0) is 31.2 Å². The highest BCUT2D eigenvalue weighted by atomic mass is 16.2. The van der Waals surface area contributed by atoms with Crippen molar-refractivity contribution < 1.29 is 0 Å². The van der Waals surface area contributed by atoms with Gasteiger partial charge in [0.2, 0.25) is 0 Å². The molecule has 3 rings (SSSR count). The van der Waals surface area contributed by atoms with E-state index in [-0.39, 0.29) is 5.56 Å². The van der Waals surface area contributed by atoms with Crippen LogP contribution < -0.4 is 16.6 Å². The minimum atomic E-state index is -0.397. The molecule has 0 amide bonds. The molecule has 0 bridgehead atoms. The molecule has 5 nitrogen and oxygen atoms in total. The maximum Gasteiger partial charge on any atom is 0.341 e. The monoisotopic (exact) mass is 307 g/mol. The summed E-state index contributed by atoms with van der Waals surface area (Å²) >= 11 is 0. The second kappa shape index (κ2) is 6.36. The Morgan fingerprint density at radius 1 is 0.826 bits per heavy atom. The van der Waals surface area contributed by atoms with Gasteiger partial charge in [0.05, 0.1) is 11.4 Å². The highest BCUT2D eigenvalue weighted by Gasteiger charge is 2.13. The van der Waals surface area contributed by atoms with E-state index in [0.717, 1.165) is 0 Å². The Kier molecular flexibility index (Phi) is 4.10. The number of benzene rings is 2. The molecule has 0 radical (unpaired) electrons. The maximum atomic E-state index is 13.0. The van der Waals surface area contributed by atoms with Crippen LogP contribution in [0, 0.1) is 0 Å². The molecule has 1 heterocycles. The van der Waals surface area contributed by atoms with Crippen LogP contribution in [0.3, 0.4) is 0 Å². The number of hydrogen-bond donors (Lipinski definition) is 1. The van der Waals surface area contributed by atoms with E-state index in [9.17, 15) is 9.59 Å². The Labute approximate surface area is 133 Å². The van der Waals surface area contributed by atoms with Crippen LogP contribution in [0.5, 0.6) is 0 Å². The molecule has 0 spiro atoms. The Morgan fingerprint density at radius 3 is 1.87 bits per heavy atom. The standard InChI is InChI=1S/C18H17N3O2/c1-2-19-16-13-17(22)21(15-11-7-4-8-12-15)18(23)20(16)14-9-5-3-6-10-14/h3-13,19H,2H2,1H3. The van der Waals surface area contributed by atoms with Crippen LogP contribution in [0.25, 0.3) is 11.4 Å². The molecule has 0 fully saturated rings. The zero-order valence-electron chi connectivity index (χ0n) is 12.8. The number of rotatable bonds is 4. The first-order valence-corrected chi connectivity index (χ1v) is 7.46. The molecular weight excluding hydrogens is 290 g/mol. The van der Waals surface area contributed by atoms with Crippen molar-refractivity contribution in [3.05, 3.63) is 87.6 Å². The summed E-state index contributed by atoms with van der Waals surface area (Å²) in [6.45, 7) is 2.53. The van der Waals surface area contributed by atoms with Gasteiger partial charge in [0.1, 0.15) is 5.82 Å². The van der Waals surface area contributed by atoms with Gasteiger partial charge >= 0.3 is 5.69 Å². The lowest BCUT2D eigenvalue weighted by Gasteiger charge is -2.16. The van der Waals surface area contributed by atoms with Gasteiger partial charge in [-0.3, -0.25) is 4.79 Å². The van der Waals surface area contributed by atoms with Gasteiger partial charge < -0.3 is 5.32 Å². The van der Waals surface area contributed by atoms with E-state index >= 15 is 0 Å². The van der Waals surface area contributed by atoms with Crippen LogP contribution >= 0.6 is 0 Å². The highest BCUT2D eigenvalue weighted by molar-refractivity contribution is 5.46. The topological polar surface area (TPSA) is 56.0 Å². The third-order valence-electron chi connectivity index (χ3n) is 3.49. The Hall–Kier alpha value is -3.08. The van der Waals surface area contributed by atoms with Gasteiger partial charge in [0, 0.05) is 12.6 Å². The molecule has 0 aliphatic carbocycles. The van der Waals surface area contributed by atoms with Crippen LogP contribution in [-0.4, -0.2) is 15.7 Å². The van der Waals surface area contributed by atoms with Crippen molar-refractivity contribution in [1.82, 2.24) is 9.13 Å². The van der Waals surface area contributed by atoms with Gasteiger partial charge in [0.25, 0.3) is 5.56 Å². The minimum Gasteiger partial charge on any atom is -0.371 e. The normalized spacial score (nSPS) is 10.5. The fraction of sp³-hybridized carbons (Fsp3) is 0.111. The van der Waals surface area contributed by atoms with Crippen LogP contribution in [0.2, 0.25) is 0 Å². The van der Waals surface area contributed by atoms with Crippen LogP contribution in [0.4, 0.5) is 5.82 Å². The number of anilines is 1. The summed E-state index contributed by atoms with van der Waals surface area (Å²) in [5.41, 5.74) is 0.503. The van der Waals surface area contributed by atoms with Gasteiger partial charge in [-0.15, -0.1) is 0 Å². The molecule has 5 heteroatoms. The van der Waals surface area contributed by atoms with Crippen LogP contribution in [-0.2, 0) is 0 Å². The fourth-order valence-corrected chi connectivity index (χ4v) is 2.50. The van der Waals surface area contributed by atoms with Crippen molar-refractivity contribution in [2.24, 2.45) is 0 Å². The van der Waals surface area contributed by atoms with Gasteiger partial charge in [-0.25, -0.2) is 13.9 Å². The minimum absolute atomic E-state index is 0.357. The number of hydrogen-bond acceptors (Lipinski definition) is 3. The van der Waals surface area contributed by atoms with Crippen LogP contribution in [0.1, 0.15) is 6.92 Å². The van der Waals surface area contributed by atoms with Crippen molar-refractivity contribution >= 4 is 5.82 Å². The zero-order chi connectivity index (χ0) is 16.2. The first-order chi connectivity index (χ1) is 11.2. The molecular formula is C18H17N3O2.